The van der Waals surface area contributed by atoms with Crippen LogP contribution in [-0.4, -0.2) is 24.6 Å². The number of nitrogens with one attached hydrogen (secondary N) is 1. The van der Waals surface area contributed by atoms with Crippen molar-refractivity contribution >= 4 is 32.6 Å². The minimum Gasteiger partial charge on any atom is -0.310 e. The minimum atomic E-state index is -0.168. The van der Waals surface area contributed by atoms with Crippen LogP contribution in [0.15, 0.2) is 21.7 Å². The number of aromatic amines is 1. The Labute approximate surface area is 97.5 Å². The number of aryl methyl sites for hydroxylation is 1. The van der Waals surface area contributed by atoms with Gasteiger partial charge in [0.05, 0.1) is 9.86 Å². The number of rotatable bonds is 0. The van der Waals surface area contributed by atoms with Gasteiger partial charge in [0.1, 0.15) is 12.2 Å². The summed E-state index contributed by atoms with van der Waals surface area (Å²) in [5.41, 5.74) is 1.04. The first-order valence-corrected chi connectivity index (χ1v) is 5.35. The Morgan fingerprint density at radius 1 is 1.44 bits per heavy atom. The molecular formula is C9H6BrN5O. The first-order valence-electron chi connectivity index (χ1n) is 4.55. The zero-order valence-electron chi connectivity index (χ0n) is 8.23. The van der Waals surface area contributed by atoms with Crippen LogP contribution >= 0.6 is 15.9 Å². The predicted molar refractivity (Wildman–Crippen MR) is 61.3 cm³/mol. The van der Waals surface area contributed by atoms with Crippen molar-refractivity contribution in [1.82, 2.24) is 24.6 Å². The lowest BCUT2D eigenvalue weighted by Crippen LogP contribution is -2.11. The molecule has 3 rings (SSSR count). The molecule has 7 heteroatoms. The van der Waals surface area contributed by atoms with Crippen LogP contribution in [0.25, 0.3) is 16.7 Å². The highest BCUT2D eigenvalue weighted by atomic mass is 79.9. The Bertz CT molecular complexity index is 760. The van der Waals surface area contributed by atoms with Crippen LogP contribution < -0.4 is 5.56 Å². The second kappa shape index (κ2) is 3.11. The van der Waals surface area contributed by atoms with E-state index in [1.807, 2.05) is 0 Å². The monoisotopic (exact) mass is 279 g/mol. The van der Waals surface area contributed by atoms with E-state index in [9.17, 15) is 4.79 Å². The summed E-state index contributed by atoms with van der Waals surface area (Å²) >= 11 is 3.35. The lowest BCUT2D eigenvalue weighted by molar-refractivity contribution is 1.02. The van der Waals surface area contributed by atoms with Crippen LogP contribution in [0.4, 0.5) is 0 Å². The Kier molecular flexibility index (Phi) is 1.84. The summed E-state index contributed by atoms with van der Waals surface area (Å²) in [7, 11) is 0. The number of pyridine rings is 1. The fourth-order valence-corrected chi connectivity index (χ4v) is 2.14. The summed E-state index contributed by atoms with van der Waals surface area (Å²) in [6.45, 7) is 1.74. The van der Waals surface area contributed by atoms with E-state index in [0.29, 0.717) is 27.0 Å². The molecule has 80 valence electrons. The Morgan fingerprint density at radius 2 is 2.25 bits per heavy atom. The molecule has 16 heavy (non-hydrogen) atoms. The van der Waals surface area contributed by atoms with Crippen molar-refractivity contribution in [2.75, 3.05) is 0 Å². The third-order valence-corrected chi connectivity index (χ3v) is 2.90. The fourth-order valence-electron chi connectivity index (χ4n) is 1.64. The maximum atomic E-state index is 11.7. The summed E-state index contributed by atoms with van der Waals surface area (Å²) in [6, 6.07) is 1.70. The van der Waals surface area contributed by atoms with Crippen molar-refractivity contribution in [1.29, 1.82) is 0 Å². The highest BCUT2D eigenvalue weighted by Gasteiger charge is 2.10. The van der Waals surface area contributed by atoms with Gasteiger partial charge in [-0.05, 0) is 28.9 Å². The average Bonchev–Trinajstić information content (AvgIpc) is 2.69. The van der Waals surface area contributed by atoms with E-state index in [4.69, 9.17) is 0 Å². The lowest BCUT2D eigenvalue weighted by atomic mass is 10.3. The number of aromatic nitrogens is 5. The molecular weight excluding hydrogens is 274 g/mol. The van der Waals surface area contributed by atoms with Crippen LogP contribution in [0, 0.1) is 6.92 Å². The number of halogens is 1. The standard InChI is InChI=1S/C9H6BrN5O/c1-4-12-7-5(9(16)13-4)2-6(10)8-14-11-3-15(7)8/h2-3H,1H3,(H,12,13,16). The Morgan fingerprint density at radius 3 is 3.06 bits per heavy atom. The number of fused-ring (bicyclic) bond motifs is 3. The first-order chi connectivity index (χ1) is 7.66. The topological polar surface area (TPSA) is 75.9 Å². The normalized spacial score (nSPS) is 11.4. The number of hydrogen-bond donors (Lipinski definition) is 1. The van der Waals surface area contributed by atoms with E-state index < -0.39 is 0 Å². The molecule has 6 nitrogen and oxygen atoms in total. The SMILES string of the molecule is Cc1nc2c(cc(Br)c3nncn32)c(=O)[nH]1. The minimum absolute atomic E-state index is 0.168. The quantitative estimate of drug-likeness (QED) is 0.667. The zero-order chi connectivity index (χ0) is 11.3. The van der Waals surface area contributed by atoms with E-state index in [0.717, 1.165) is 0 Å². The zero-order valence-corrected chi connectivity index (χ0v) is 9.82. The first kappa shape index (κ1) is 9.46. The summed E-state index contributed by atoms with van der Waals surface area (Å²) in [4.78, 5) is 18.7. The molecule has 0 aromatic carbocycles. The molecule has 0 unspecified atom stereocenters. The molecule has 0 saturated carbocycles. The summed E-state index contributed by atoms with van der Waals surface area (Å²) in [5, 5.41) is 8.25. The fraction of sp³-hybridized carbons (Fsp3) is 0.111. The molecule has 3 heterocycles. The van der Waals surface area contributed by atoms with Crippen molar-refractivity contribution in [3.63, 3.8) is 0 Å². The van der Waals surface area contributed by atoms with Gasteiger partial charge in [-0.25, -0.2) is 4.98 Å². The van der Waals surface area contributed by atoms with E-state index in [-0.39, 0.29) is 5.56 Å². The molecule has 0 amide bonds. The summed E-state index contributed by atoms with van der Waals surface area (Å²) < 4.78 is 2.40. The molecule has 0 bridgehead atoms. The van der Waals surface area contributed by atoms with Gasteiger partial charge in [0, 0.05) is 0 Å². The third kappa shape index (κ3) is 1.18. The van der Waals surface area contributed by atoms with Gasteiger partial charge < -0.3 is 4.98 Å². The molecule has 1 N–H and O–H groups in total. The smallest absolute Gasteiger partial charge is 0.260 e. The van der Waals surface area contributed by atoms with Crippen molar-refractivity contribution in [3.05, 3.63) is 33.0 Å². The number of hydrogen-bond acceptors (Lipinski definition) is 4. The van der Waals surface area contributed by atoms with Crippen LogP contribution in [-0.2, 0) is 0 Å². The van der Waals surface area contributed by atoms with Gasteiger partial charge >= 0.3 is 0 Å². The maximum absolute atomic E-state index is 11.7. The van der Waals surface area contributed by atoms with E-state index in [2.05, 4.69) is 36.1 Å². The molecule has 0 aliphatic rings. The van der Waals surface area contributed by atoms with Crippen molar-refractivity contribution in [3.8, 4) is 0 Å². The average molecular weight is 280 g/mol. The second-order valence-corrected chi connectivity index (χ2v) is 4.26. The van der Waals surface area contributed by atoms with Gasteiger partial charge in [-0.1, -0.05) is 0 Å². The van der Waals surface area contributed by atoms with Crippen molar-refractivity contribution in [2.24, 2.45) is 0 Å². The molecule has 0 saturated heterocycles. The van der Waals surface area contributed by atoms with E-state index in [1.165, 1.54) is 6.33 Å². The maximum Gasteiger partial charge on any atom is 0.260 e. The molecule has 3 aromatic heterocycles. The largest absolute Gasteiger partial charge is 0.310 e. The van der Waals surface area contributed by atoms with Crippen molar-refractivity contribution < 1.29 is 0 Å². The van der Waals surface area contributed by atoms with Crippen molar-refractivity contribution in [2.45, 2.75) is 6.92 Å². The van der Waals surface area contributed by atoms with Gasteiger partial charge in [-0.15, -0.1) is 10.2 Å². The van der Waals surface area contributed by atoms with E-state index in [1.54, 1.807) is 17.4 Å². The van der Waals surface area contributed by atoms with Crippen LogP contribution in [0.5, 0.6) is 0 Å². The molecule has 0 aliphatic carbocycles. The highest BCUT2D eigenvalue weighted by molar-refractivity contribution is 9.10. The van der Waals surface area contributed by atoms with Crippen LogP contribution in [0.2, 0.25) is 0 Å². The second-order valence-electron chi connectivity index (χ2n) is 3.41. The molecule has 3 aromatic rings. The van der Waals surface area contributed by atoms with Crippen LogP contribution in [0.3, 0.4) is 0 Å². The van der Waals surface area contributed by atoms with Gasteiger partial charge in [-0.2, -0.15) is 0 Å². The van der Waals surface area contributed by atoms with Gasteiger partial charge in [0.15, 0.2) is 11.3 Å². The Hall–Kier alpha value is -1.76. The number of H-pyrrole nitrogens is 1. The highest BCUT2D eigenvalue weighted by Crippen LogP contribution is 2.20. The van der Waals surface area contributed by atoms with Gasteiger partial charge in [0.25, 0.3) is 5.56 Å². The predicted octanol–water partition coefficient (Wildman–Crippen LogP) is 1.04. The summed E-state index contributed by atoms with van der Waals surface area (Å²) in [5.74, 6) is 0.565. The molecule has 0 aliphatic heterocycles. The molecule has 0 radical (unpaired) electrons. The van der Waals surface area contributed by atoms with Crippen LogP contribution in [0.1, 0.15) is 5.82 Å². The van der Waals surface area contributed by atoms with E-state index >= 15 is 0 Å². The molecule has 0 fully saturated rings. The molecule has 0 atom stereocenters. The molecule has 0 spiro atoms. The third-order valence-electron chi connectivity index (χ3n) is 2.31. The Balaban J connectivity index is 2.69. The lowest BCUT2D eigenvalue weighted by Gasteiger charge is -2.02. The number of nitrogens with zero attached hydrogens (tertiary/aromatic N) is 4. The van der Waals surface area contributed by atoms with Gasteiger partial charge in [-0.3, -0.25) is 9.20 Å². The summed E-state index contributed by atoms with van der Waals surface area (Å²) in [6.07, 6.45) is 1.54. The van der Waals surface area contributed by atoms with Gasteiger partial charge in [0.2, 0.25) is 0 Å².